The predicted octanol–water partition coefficient (Wildman–Crippen LogP) is 1.95. The van der Waals surface area contributed by atoms with E-state index >= 15 is 0 Å². The Morgan fingerprint density at radius 1 is 1.64 bits per heavy atom. The fourth-order valence-electron chi connectivity index (χ4n) is 0.905. The molecule has 0 spiro atoms. The summed E-state index contributed by atoms with van der Waals surface area (Å²) in [6.45, 7) is 4.19. The summed E-state index contributed by atoms with van der Waals surface area (Å²) in [6, 6.07) is 1.38. The molecule has 0 amide bonds. The van der Waals surface area contributed by atoms with E-state index in [-0.39, 0.29) is 0 Å². The first kappa shape index (κ1) is 13.6. The summed E-state index contributed by atoms with van der Waals surface area (Å²) in [7, 11) is -2.52. The fourth-order valence-corrected chi connectivity index (χ4v) is 2.30. The maximum atomic E-state index is 11.7. The molecule has 2 N–H and O–H groups in total. The van der Waals surface area contributed by atoms with Gasteiger partial charge in [-0.1, -0.05) is 13.3 Å². The van der Waals surface area contributed by atoms with Gasteiger partial charge in [-0.2, -0.15) is 5.26 Å². The monoisotopic (exact) mass is 218 g/mol. The van der Waals surface area contributed by atoms with Crippen molar-refractivity contribution in [2.45, 2.75) is 32.2 Å². The minimum atomic E-state index is -2.52. The van der Waals surface area contributed by atoms with Crippen LogP contribution in [0.2, 0.25) is 0 Å². The summed E-state index contributed by atoms with van der Waals surface area (Å²) in [5, 5.41) is 8.44. The Morgan fingerprint density at radius 3 is 2.79 bits per heavy atom. The van der Waals surface area contributed by atoms with Crippen molar-refractivity contribution in [3.63, 3.8) is 0 Å². The van der Waals surface area contributed by atoms with Crippen LogP contribution in [0, 0.1) is 11.3 Å². The third-order valence-corrected chi connectivity index (χ3v) is 3.67. The molecular formula is C9H19N2O2P. The number of nitrogens with zero attached hydrogens (tertiary/aromatic N) is 1. The lowest BCUT2D eigenvalue weighted by Gasteiger charge is -2.13. The summed E-state index contributed by atoms with van der Waals surface area (Å²) < 4.78 is 17.0. The van der Waals surface area contributed by atoms with Crippen LogP contribution in [0.1, 0.15) is 26.2 Å². The molecule has 0 aliphatic heterocycles. The Morgan fingerprint density at radius 2 is 2.29 bits per heavy atom. The van der Waals surface area contributed by atoms with Gasteiger partial charge in [0.05, 0.1) is 18.7 Å². The number of nitrogens with two attached hydrogens (primary N) is 1. The Kier molecular flexibility index (Phi) is 6.82. The van der Waals surface area contributed by atoms with Gasteiger partial charge in [-0.3, -0.25) is 4.57 Å². The standard InChI is InChI=1S/C9H19N2O2P/c1-3-4-6-13-14(2,12)7-5-9(11)8-10/h9H,3-7,11H2,1-2H3. The van der Waals surface area contributed by atoms with Crippen LogP contribution in [-0.4, -0.2) is 25.5 Å². The molecular weight excluding hydrogens is 199 g/mol. The van der Waals surface area contributed by atoms with Crippen LogP contribution in [-0.2, 0) is 9.09 Å². The van der Waals surface area contributed by atoms with Crippen molar-refractivity contribution >= 4 is 7.37 Å². The van der Waals surface area contributed by atoms with Crippen LogP contribution < -0.4 is 5.73 Å². The van der Waals surface area contributed by atoms with Gasteiger partial charge < -0.3 is 10.3 Å². The molecule has 0 saturated heterocycles. The third kappa shape index (κ3) is 7.08. The topological polar surface area (TPSA) is 76.1 Å². The average molecular weight is 218 g/mol. The zero-order chi connectivity index (χ0) is 11.0. The summed E-state index contributed by atoms with van der Waals surface area (Å²) in [5.74, 6) is 0. The Bertz CT molecular complexity index is 237. The van der Waals surface area contributed by atoms with Crippen molar-refractivity contribution in [2.75, 3.05) is 19.4 Å². The Labute approximate surface area is 85.9 Å². The molecule has 0 aromatic heterocycles. The predicted molar refractivity (Wildman–Crippen MR) is 57.5 cm³/mol. The lowest BCUT2D eigenvalue weighted by atomic mass is 10.3. The van der Waals surface area contributed by atoms with E-state index < -0.39 is 13.4 Å². The molecule has 4 nitrogen and oxygen atoms in total. The van der Waals surface area contributed by atoms with Crippen LogP contribution in [0.15, 0.2) is 0 Å². The second-order valence-corrected chi connectivity index (χ2v) is 6.18. The minimum Gasteiger partial charge on any atom is -0.329 e. The van der Waals surface area contributed by atoms with Gasteiger partial charge >= 0.3 is 0 Å². The molecule has 0 aliphatic rings. The van der Waals surface area contributed by atoms with Gasteiger partial charge in [0, 0.05) is 12.8 Å². The van der Waals surface area contributed by atoms with E-state index in [4.69, 9.17) is 15.5 Å². The molecule has 82 valence electrons. The first-order chi connectivity index (χ1) is 6.52. The van der Waals surface area contributed by atoms with Crippen molar-refractivity contribution in [1.29, 1.82) is 5.26 Å². The van der Waals surface area contributed by atoms with Gasteiger partial charge in [0.1, 0.15) is 0 Å². The van der Waals surface area contributed by atoms with Crippen molar-refractivity contribution in [3.05, 3.63) is 0 Å². The molecule has 0 rings (SSSR count). The maximum Gasteiger partial charge on any atom is 0.200 e. The zero-order valence-corrected chi connectivity index (χ0v) is 9.80. The first-order valence-electron chi connectivity index (χ1n) is 4.88. The quantitative estimate of drug-likeness (QED) is 0.523. The normalized spacial score (nSPS) is 17.0. The molecule has 0 aromatic carbocycles. The number of unbranched alkanes of at least 4 members (excludes halogenated alkanes) is 1. The molecule has 2 atom stereocenters. The molecule has 0 fully saturated rings. The fraction of sp³-hybridized carbons (Fsp3) is 0.889. The molecule has 0 aliphatic carbocycles. The molecule has 0 aromatic rings. The number of rotatable bonds is 7. The van der Waals surface area contributed by atoms with Gasteiger partial charge in [0.2, 0.25) is 0 Å². The number of hydrogen-bond donors (Lipinski definition) is 1. The van der Waals surface area contributed by atoms with E-state index in [1.54, 1.807) is 6.66 Å². The molecule has 0 radical (unpaired) electrons. The summed E-state index contributed by atoms with van der Waals surface area (Å²) >= 11 is 0. The van der Waals surface area contributed by atoms with Gasteiger partial charge in [-0.05, 0) is 12.8 Å². The van der Waals surface area contributed by atoms with Gasteiger partial charge in [0.15, 0.2) is 7.37 Å². The second kappa shape index (κ2) is 7.00. The van der Waals surface area contributed by atoms with Crippen molar-refractivity contribution < 1.29 is 9.09 Å². The van der Waals surface area contributed by atoms with E-state index in [0.717, 1.165) is 12.8 Å². The van der Waals surface area contributed by atoms with Gasteiger partial charge in [0.25, 0.3) is 0 Å². The first-order valence-corrected chi connectivity index (χ1v) is 7.14. The van der Waals surface area contributed by atoms with Crippen molar-refractivity contribution in [2.24, 2.45) is 5.73 Å². The van der Waals surface area contributed by atoms with E-state index in [9.17, 15) is 4.57 Å². The molecule has 0 saturated carbocycles. The molecule has 0 bridgehead atoms. The highest BCUT2D eigenvalue weighted by Crippen LogP contribution is 2.43. The largest absolute Gasteiger partial charge is 0.329 e. The zero-order valence-electron chi connectivity index (χ0n) is 8.90. The minimum absolute atomic E-state index is 0.394. The number of nitriles is 1. The second-order valence-electron chi connectivity index (χ2n) is 3.45. The van der Waals surface area contributed by atoms with E-state index in [1.165, 1.54) is 0 Å². The van der Waals surface area contributed by atoms with Crippen molar-refractivity contribution in [3.8, 4) is 6.07 Å². The third-order valence-electron chi connectivity index (χ3n) is 1.87. The van der Waals surface area contributed by atoms with Crippen LogP contribution >= 0.6 is 7.37 Å². The lowest BCUT2D eigenvalue weighted by Crippen LogP contribution is -2.18. The lowest BCUT2D eigenvalue weighted by molar-refractivity contribution is 0.308. The summed E-state index contributed by atoms with van der Waals surface area (Å²) in [5.41, 5.74) is 5.40. The Hall–Kier alpha value is -0.360. The average Bonchev–Trinajstić information content (AvgIpc) is 2.14. The van der Waals surface area contributed by atoms with E-state index in [2.05, 4.69) is 6.92 Å². The smallest absolute Gasteiger partial charge is 0.200 e. The van der Waals surface area contributed by atoms with E-state index in [0.29, 0.717) is 19.2 Å². The summed E-state index contributed by atoms with van der Waals surface area (Å²) in [6.07, 6.45) is 2.78. The van der Waals surface area contributed by atoms with Crippen molar-refractivity contribution in [1.82, 2.24) is 0 Å². The van der Waals surface area contributed by atoms with E-state index in [1.807, 2.05) is 6.07 Å². The molecule has 5 heteroatoms. The summed E-state index contributed by atoms with van der Waals surface area (Å²) in [4.78, 5) is 0. The van der Waals surface area contributed by atoms with Crippen LogP contribution in [0.3, 0.4) is 0 Å². The number of hydrogen-bond acceptors (Lipinski definition) is 4. The molecule has 2 unspecified atom stereocenters. The van der Waals surface area contributed by atoms with Crippen LogP contribution in [0.4, 0.5) is 0 Å². The highest BCUT2D eigenvalue weighted by Gasteiger charge is 2.16. The maximum absolute atomic E-state index is 11.7. The van der Waals surface area contributed by atoms with Gasteiger partial charge in [-0.15, -0.1) is 0 Å². The van der Waals surface area contributed by atoms with Crippen LogP contribution in [0.5, 0.6) is 0 Å². The van der Waals surface area contributed by atoms with Gasteiger partial charge in [-0.25, -0.2) is 0 Å². The highest BCUT2D eigenvalue weighted by atomic mass is 31.2. The molecule has 0 heterocycles. The van der Waals surface area contributed by atoms with Crippen LogP contribution in [0.25, 0.3) is 0 Å². The Balaban J connectivity index is 3.73. The molecule has 14 heavy (non-hydrogen) atoms. The highest BCUT2D eigenvalue weighted by molar-refractivity contribution is 7.58. The SMILES string of the molecule is CCCCOP(C)(=O)CCC(N)C#N.